The molecule has 21 heavy (non-hydrogen) atoms. The molecule has 1 heterocycles. The van der Waals surface area contributed by atoms with E-state index >= 15 is 0 Å². The van der Waals surface area contributed by atoms with E-state index in [9.17, 15) is 9.90 Å². The number of aliphatic carboxylic acids is 1. The number of rotatable bonds is 5. The number of carboxylic acids is 1. The van der Waals surface area contributed by atoms with Crippen molar-refractivity contribution < 1.29 is 14.6 Å². The minimum atomic E-state index is -0.769. The Morgan fingerprint density at radius 3 is 2.67 bits per heavy atom. The molecule has 1 aliphatic heterocycles. The summed E-state index contributed by atoms with van der Waals surface area (Å²) in [5.41, 5.74) is 2.12. The molecule has 2 unspecified atom stereocenters. The molecule has 4 heteroatoms. The number of hydrogen-bond acceptors (Lipinski definition) is 3. The highest BCUT2D eigenvalue weighted by Crippen LogP contribution is 2.37. The van der Waals surface area contributed by atoms with Gasteiger partial charge in [0.1, 0.15) is 17.9 Å². The van der Waals surface area contributed by atoms with Crippen molar-refractivity contribution in [3.05, 3.63) is 23.8 Å². The molecular weight excluding hydrogens is 266 g/mol. The summed E-state index contributed by atoms with van der Waals surface area (Å²) in [6.07, 6.45) is 1.53. The molecule has 2 atom stereocenters. The number of ether oxygens (including phenoxy) is 1. The highest BCUT2D eigenvalue weighted by molar-refractivity contribution is 5.80. The average Bonchev–Trinajstić information content (AvgIpc) is 2.46. The third-order valence-electron chi connectivity index (χ3n) is 4.19. The van der Waals surface area contributed by atoms with Crippen LogP contribution >= 0.6 is 0 Å². The van der Waals surface area contributed by atoms with Crippen LogP contribution in [0.5, 0.6) is 5.75 Å². The first-order valence-electron chi connectivity index (χ1n) is 7.76. The van der Waals surface area contributed by atoms with E-state index in [1.807, 2.05) is 17.9 Å². The Morgan fingerprint density at radius 2 is 2.14 bits per heavy atom. The minimum absolute atomic E-state index is 0.0263. The summed E-state index contributed by atoms with van der Waals surface area (Å²) < 4.78 is 6.06. The van der Waals surface area contributed by atoms with Gasteiger partial charge in [-0.05, 0) is 36.5 Å². The number of fused-ring (bicyclic) bond motifs is 1. The molecule has 0 saturated heterocycles. The zero-order valence-electron chi connectivity index (χ0n) is 13.3. The van der Waals surface area contributed by atoms with Crippen molar-refractivity contribution in [3.8, 4) is 5.75 Å². The molecule has 0 bridgehead atoms. The van der Waals surface area contributed by atoms with Crippen molar-refractivity contribution in [1.29, 1.82) is 0 Å². The van der Waals surface area contributed by atoms with Crippen LogP contribution in [0.2, 0.25) is 0 Å². The van der Waals surface area contributed by atoms with E-state index in [1.165, 1.54) is 5.56 Å². The first-order chi connectivity index (χ1) is 9.97. The van der Waals surface area contributed by atoms with Gasteiger partial charge in [0.2, 0.25) is 0 Å². The second-order valence-electron chi connectivity index (χ2n) is 5.97. The average molecular weight is 291 g/mol. The standard InChI is InChI=1S/C17H25NO3/c1-5-12-7-8-15-14(9-12)18(13(6-2)17(19)20)10-16(21-15)11(3)4/h7-9,11,13,16H,5-6,10H2,1-4H3,(H,19,20). The Hall–Kier alpha value is -1.71. The summed E-state index contributed by atoms with van der Waals surface area (Å²) in [5.74, 6) is 0.379. The van der Waals surface area contributed by atoms with Crippen molar-refractivity contribution in [2.75, 3.05) is 11.4 Å². The predicted octanol–water partition coefficient (Wildman–Crippen LogP) is 3.34. The lowest BCUT2D eigenvalue weighted by atomic mass is 10.0. The zero-order valence-corrected chi connectivity index (χ0v) is 13.3. The lowest BCUT2D eigenvalue weighted by molar-refractivity contribution is -0.138. The highest BCUT2D eigenvalue weighted by atomic mass is 16.5. The molecule has 4 nitrogen and oxygen atoms in total. The van der Waals surface area contributed by atoms with Gasteiger partial charge in [-0.3, -0.25) is 0 Å². The smallest absolute Gasteiger partial charge is 0.326 e. The van der Waals surface area contributed by atoms with Crippen molar-refractivity contribution in [2.45, 2.75) is 52.7 Å². The molecular formula is C17H25NO3. The van der Waals surface area contributed by atoms with Crippen LogP contribution in [0.1, 0.15) is 39.7 Å². The summed E-state index contributed by atoms with van der Waals surface area (Å²) in [7, 11) is 0. The number of carbonyl (C=O) groups is 1. The maximum absolute atomic E-state index is 11.6. The number of benzene rings is 1. The lowest BCUT2D eigenvalue weighted by Gasteiger charge is -2.40. The molecule has 1 aromatic rings. The first-order valence-corrected chi connectivity index (χ1v) is 7.76. The molecule has 0 aliphatic carbocycles. The number of hydrogen-bond donors (Lipinski definition) is 1. The Kier molecular flexibility index (Phi) is 4.76. The van der Waals surface area contributed by atoms with Crippen LogP contribution in [-0.2, 0) is 11.2 Å². The van der Waals surface area contributed by atoms with Gasteiger partial charge in [-0.1, -0.05) is 33.8 Å². The predicted molar refractivity (Wildman–Crippen MR) is 84.1 cm³/mol. The van der Waals surface area contributed by atoms with E-state index in [-0.39, 0.29) is 6.10 Å². The van der Waals surface area contributed by atoms with Gasteiger partial charge in [-0.25, -0.2) is 4.79 Å². The molecule has 0 radical (unpaired) electrons. The van der Waals surface area contributed by atoms with Gasteiger partial charge in [-0.15, -0.1) is 0 Å². The van der Waals surface area contributed by atoms with Gasteiger partial charge < -0.3 is 14.7 Å². The Balaban J connectivity index is 2.45. The lowest BCUT2D eigenvalue weighted by Crippen LogP contribution is -2.50. The second kappa shape index (κ2) is 6.37. The minimum Gasteiger partial charge on any atom is -0.486 e. The molecule has 0 saturated carbocycles. The van der Waals surface area contributed by atoms with Crippen molar-refractivity contribution in [3.63, 3.8) is 0 Å². The van der Waals surface area contributed by atoms with E-state index in [4.69, 9.17) is 4.74 Å². The van der Waals surface area contributed by atoms with Crippen LogP contribution in [-0.4, -0.2) is 29.8 Å². The van der Waals surface area contributed by atoms with Crippen LogP contribution in [0, 0.1) is 5.92 Å². The monoisotopic (exact) mass is 291 g/mol. The fraction of sp³-hybridized carbons (Fsp3) is 0.588. The third kappa shape index (κ3) is 3.14. The van der Waals surface area contributed by atoms with E-state index in [0.717, 1.165) is 17.9 Å². The van der Waals surface area contributed by atoms with Crippen LogP contribution in [0.25, 0.3) is 0 Å². The van der Waals surface area contributed by atoms with Gasteiger partial charge in [0.05, 0.1) is 12.2 Å². The molecule has 0 amide bonds. The molecule has 116 valence electrons. The summed E-state index contributed by atoms with van der Waals surface area (Å²) in [6.45, 7) is 8.86. The fourth-order valence-electron chi connectivity index (χ4n) is 2.77. The number of anilines is 1. The Labute approximate surface area is 126 Å². The summed E-state index contributed by atoms with van der Waals surface area (Å²) in [5, 5.41) is 9.52. The van der Waals surface area contributed by atoms with E-state index < -0.39 is 12.0 Å². The van der Waals surface area contributed by atoms with Gasteiger partial charge in [0, 0.05) is 0 Å². The number of carboxylic acid groups (broad SMARTS) is 1. The third-order valence-corrected chi connectivity index (χ3v) is 4.19. The normalized spacial score (nSPS) is 19.1. The quantitative estimate of drug-likeness (QED) is 0.904. The molecule has 1 N–H and O–H groups in total. The van der Waals surface area contributed by atoms with E-state index in [2.05, 4.69) is 32.9 Å². The summed E-state index contributed by atoms with van der Waals surface area (Å²) >= 11 is 0. The summed E-state index contributed by atoms with van der Waals surface area (Å²) in [6, 6.07) is 5.60. The molecule has 0 spiro atoms. The molecule has 1 aromatic carbocycles. The van der Waals surface area contributed by atoms with Crippen molar-refractivity contribution in [1.82, 2.24) is 0 Å². The van der Waals surface area contributed by atoms with Crippen molar-refractivity contribution in [2.24, 2.45) is 5.92 Å². The summed E-state index contributed by atoms with van der Waals surface area (Å²) in [4.78, 5) is 13.6. The van der Waals surface area contributed by atoms with E-state index in [1.54, 1.807) is 0 Å². The Bertz CT molecular complexity index is 513. The SMILES string of the molecule is CCc1ccc2c(c1)N(C(CC)C(=O)O)CC(C(C)C)O2. The van der Waals surface area contributed by atoms with Gasteiger partial charge in [0.15, 0.2) is 0 Å². The largest absolute Gasteiger partial charge is 0.486 e. The highest BCUT2D eigenvalue weighted by Gasteiger charge is 2.34. The maximum atomic E-state index is 11.6. The number of nitrogens with zero attached hydrogens (tertiary/aromatic N) is 1. The molecule has 1 aliphatic rings. The van der Waals surface area contributed by atoms with Crippen LogP contribution < -0.4 is 9.64 Å². The van der Waals surface area contributed by atoms with Crippen LogP contribution in [0.4, 0.5) is 5.69 Å². The molecule has 0 fully saturated rings. The zero-order chi connectivity index (χ0) is 15.6. The van der Waals surface area contributed by atoms with Crippen LogP contribution in [0.15, 0.2) is 18.2 Å². The van der Waals surface area contributed by atoms with Crippen molar-refractivity contribution >= 4 is 11.7 Å². The molecule has 2 rings (SSSR count). The first kappa shape index (κ1) is 15.7. The number of aryl methyl sites for hydroxylation is 1. The van der Waals surface area contributed by atoms with Crippen LogP contribution in [0.3, 0.4) is 0 Å². The van der Waals surface area contributed by atoms with Gasteiger partial charge in [0.25, 0.3) is 0 Å². The van der Waals surface area contributed by atoms with E-state index in [0.29, 0.717) is 18.9 Å². The Morgan fingerprint density at radius 1 is 1.43 bits per heavy atom. The fourth-order valence-corrected chi connectivity index (χ4v) is 2.77. The second-order valence-corrected chi connectivity index (χ2v) is 5.97. The molecule has 0 aromatic heterocycles. The topological polar surface area (TPSA) is 49.8 Å². The maximum Gasteiger partial charge on any atom is 0.326 e. The van der Waals surface area contributed by atoms with Gasteiger partial charge in [-0.2, -0.15) is 0 Å². The van der Waals surface area contributed by atoms with Gasteiger partial charge >= 0.3 is 5.97 Å².